The number of esters is 3. The lowest BCUT2D eigenvalue weighted by molar-refractivity contribution is -0.165. The molecule has 44 heavy (non-hydrogen) atoms. The van der Waals surface area contributed by atoms with Crippen molar-refractivity contribution in [2.24, 2.45) is 11.8 Å². The van der Waals surface area contributed by atoms with Gasteiger partial charge in [-0.1, -0.05) is 44.2 Å². The number of nitrogens with one attached hydrogen (secondary N) is 1. The van der Waals surface area contributed by atoms with Gasteiger partial charge in [-0.25, -0.2) is 14.6 Å². The van der Waals surface area contributed by atoms with Crippen molar-refractivity contribution in [3.8, 4) is 11.5 Å². The lowest BCUT2D eigenvalue weighted by Gasteiger charge is -2.30. The first-order valence-corrected chi connectivity index (χ1v) is 14.4. The van der Waals surface area contributed by atoms with Crippen LogP contribution < -0.4 is 14.8 Å². The third kappa shape index (κ3) is 9.91. The van der Waals surface area contributed by atoms with E-state index in [0.29, 0.717) is 19.6 Å². The molecular formula is C31H40N2O11. The molecule has 2 aromatic rings. The fourth-order valence-corrected chi connectivity index (χ4v) is 4.36. The zero-order valence-corrected chi connectivity index (χ0v) is 25.6. The molecule has 1 aliphatic heterocycles. The smallest absolute Gasteiger partial charge is 0.334 e. The molecule has 1 fully saturated rings. The molecule has 13 heteroatoms. The second-order valence-corrected chi connectivity index (χ2v) is 10.4. The van der Waals surface area contributed by atoms with Gasteiger partial charge >= 0.3 is 17.9 Å². The summed E-state index contributed by atoms with van der Waals surface area (Å²) in [6.45, 7) is 6.64. The average molecular weight is 617 g/mol. The number of amides is 1. The summed E-state index contributed by atoms with van der Waals surface area (Å²) < 4.78 is 38.1. The molecule has 1 amide bonds. The van der Waals surface area contributed by atoms with Crippen molar-refractivity contribution in [2.45, 2.75) is 52.4 Å². The lowest BCUT2D eigenvalue weighted by Crippen LogP contribution is -2.46. The Morgan fingerprint density at radius 3 is 2.55 bits per heavy atom. The topological polar surface area (TPSA) is 158 Å². The van der Waals surface area contributed by atoms with Gasteiger partial charge in [-0.3, -0.25) is 9.59 Å². The molecule has 13 nitrogen and oxygen atoms in total. The molecular weight excluding hydrogens is 576 g/mol. The van der Waals surface area contributed by atoms with Crippen LogP contribution in [0, 0.1) is 11.8 Å². The number of pyridine rings is 1. The minimum atomic E-state index is -1.38. The predicted octanol–water partition coefficient (Wildman–Crippen LogP) is 2.49. The van der Waals surface area contributed by atoms with Crippen molar-refractivity contribution >= 4 is 23.8 Å². The number of carbonyl (C=O) groups is 4. The number of hydrogen-bond donors (Lipinski definition) is 1. The van der Waals surface area contributed by atoms with Gasteiger partial charge in [0.25, 0.3) is 5.91 Å². The van der Waals surface area contributed by atoms with Gasteiger partial charge in [0.05, 0.1) is 13.0 Å². The van der Waals surface area contributed by atoms with Crippen molar-refractivity contribution in [1.29, 1.82) is 0 Å². The lowest BCUT2D eigenvalue weighted by atomic mass is 9.91. The second-order valence-electron chi connectivity index (χ2n) is 10.4. The maximum atomic E-state index is 13.4. The number of carbonyl (C=O) groups excluding carboxylic acids is 4. The number of aromatic nitrogens is 1. The molecule has 4 atom stereocenters. The van der Waals surface area contributed by atoms with E-state index in [9.17, 15) is 19.2 Å². The highest BCUT2D eigenvalue weighted by molar-refractivity contribution is 5.98. The SMILES string of the molecule is CCOCC(=O)OCOc1c(OC)ccnc1C(=O)NC1COC(=O)[C@H](Cc2ccccc2)C(OCC(C)C)[C@H](C)OC1=O. The van der Waals surface area contributed by atoms with Gasteiger partial charge < -0.3 is 38.5 Å². The highest BCUT2D eigenvalue weighted by Crippen LogP contribution is 2.30. The summed E-state index contributed by atoms with van der Waals surface area (Å²) in [5, 5.41) is 2.51. The zero-order chi connectivity index (χ0) is 32.1. The molecule has 1 aliphatic rings. The number of nitrogens with zero attached hydrogens (tertiary/aromatic N) is 1. The zero-order valence-electron chi connectivity index (χ0n) is 25.6. The van der Waals surface area contributed by atoms with Gasteiger partial charge in [-0.15, -0.1) is 0 Å². The van der Waals surface area contributed by atoms with E-state index in [1.54, 1.807) is 13.8 Å². The van der Waals surface area contributed by atoms with Gasteiger partial charge in [-0.05, 0) is 31.7 Å². The molecule has 1 saturated heterocycles. The monoisotopic (exact) mass is 616 g/mol. The highest BCUT2D eigenvalue weighted by atomic mass is 16.7. The van der Waals surface area contributed by atoms with Crippen LogP contribution in [0.25, 0.3) is 0 Å². The summed E-state index contributed by atoms with van der Waals surface area (Å²) in [5.74, 6) is -3.58. The molecule has 1 aromatic carbocycles. The number of ether oxygens (including phenoxy) is 7. The summed E-state index contributed by atoms with van der Waals surface area (Å²) in [4.78, 5) is 55.9. The van der Waals surface area contributed by atoms with Gasteiger partial charge in [0.1, 0.15) is 25.4 Å². The first kappa shape index (κ1) is 34.3. The van der Waals surface area contributed by atoms with Crippen LogP contribution in [-0.4, -0.2) is 87.4 Å². The summed E-state index contributed by atoms with van der Waals surface area (Å²) in [6, 6.07) is 9.45. The Morgan fingerprint density at radius 1 is 1.11 bits per heavy atom. The minimum absolute atomic E-state index is 0.122. The standard InChI is InChI=1S/C31H40N2O11/c1-6-39-17-25(34)42-18-43-28-24(38-5)12-13-32-26(28)29(35)33-23-16-41-30(36)22(14-21-10-8-7-9-11-21)27(40-15-19(2)3)20(4)44-31(23)37/h7-13,19-20,22-23,27H,6,14-18H2,1-5H3,(H,33,35)/t20-,22+,23?,27?/m0/s1. The average Bonchev–Trinajstić information content (AvgIpc) is 3.04. The number of methoxy groups -OCH3 is 1. The summed E-state index contributed by atoms with van der Waals surface area (Å²) in [6.07, 6.45) is -0.0460. The first-order chi connectivity index (χ1) is 21.1. The highest BCUT2D eigenvalue weighted by Gasteiger charge is 2.40. The van der Waals surface area contributed by atoms with Crippen LogP contribution in [0.4, 0.5) is 0 Å². The van der Waals surface area contributed by atoms with Gasteiger partial charge in [0, 0.05) is 25.5 Å². The van der Waals surface area contributed by atoms with Crippen molar-refractivity contribution in [1.82, 2.24) is 10.3 Å². The fraction of sp³-hybridized carbons (Fsp3) is 0.516. The Morgan fingerprint density at radius 2 is 1.86 bits per heavy atom. The van der Waals surface area contributed by atoms with Crippen LogP contribution >= 0.6 is 0 Å². The Balaban J connectivity index is 1.80. The maximum absolute atomic E-state index is 13.4. The molecule has 0 radical (unpaired) electrons. The van der Waals surface area contributed by atoms with E-state index in [1.807, 2.05) is 44.2 Å². The predicted molar refractivity (Wildman–Crippen MR) is 155 cm³/mol. The normalized spacial score (nSPS) is 20.4. The van der Waals surface area contributed by atoms with Crippen LogP contribution in [0.1, 0.15) is 43.7 Å². The molecule has 3 rings (SSSR count). The largest absolute Gasteiger partial charge is 0.493 e. The van der Waals surface area contributed by atoms with Gasteiger partial charge in [-0.2, -0.15) is 0 Å². The first-order valence-electron chi connectivity index (χ1n) is 14.4. The third-order valence-corrected chi connectivity index (χ3v) is 6.52. The van der Waals surface area contributed by atoms with Crippen LogP contribution in [-0.2, 0) is 44.5 Å². The molecule has 0 bridgehead atoms. The van der Waals surface area contributed by atoms with E-state index in [-0.39, 0.29) is 29.7 Å². The summed E-state index contributed by atoms with van der Waals surface area (Å²) in [5.41, 5.74) is 0.618. The van der Waals surface area contributed by atoms with Crippen molar-refractivity contribution in [2.75, 3.05) is 40.3 Å². The van der Waals surface area contributed by atoms with Crippen LogP contribution in [0.3, 0.4) is 0 Å². The molecule has 2 unspecified atom stereocenters. The summed E-state index contributed by atoms with van der Waals surface area (Å²) in [7, 11) is 1.35. The molecule has 0 spiro atoms. The Kier molecular flexibility index (Phi) is 13.4. The van der Waals surface area contributed by atoms with Crippen LogP contribution in [0.2, 0.25) is 0 Å². The fourth-order valence-electron chi connectivity index (χ4n) is 4.36. The molecule has 0 aliphatic carbocycles. The quantitative estimate of drug-likeness (QED) is 0.188. The number of hydrogen-bond acceptors (Lipinski definition) is 12. The van der Waals surface area contributed by atoms with Crippen molar-refractivity contribution in [3.63, 3.8) is 0 Å². The molecule has 2 heterocycles. The number of rotatable bonds is 14. The van der Waals surface area contributed by atoms with E-state index in [4.69, 9.17) is 33.2 Å². The van der Waals surface area contributed by atoms with Gasteiger partial charge in [0.2, 0.25) is 6.79 Å². The Labute approximate surface area is 256 Å². The van der Waals surface area contributed by atoms with Crippen molar-refractivity contribution in [3.05, 3.63) is 53.9 Å². The summed E-state index contributed by atoms with van der Waals surface area (Å²) >= 11 is 0. The maximum Gasteiger partial charge on any atom is 0.334 e. The van der Waals surface area contributed by atoms with E-state index < -0.39 is 61.4 Å². The van der Waals surface area contributed by atoms with E-state index in [0.717, 1.165) is 5.56 Å². The third-order valence-electron chi connectivity index (χ3n) is 6.52. The molecule has 1 N–H and O–H groups in total. The van der Waals surface area contributed by atoms with Gasteiger partial charge in [0.15, 0.2) is 23.2 Å². The minimum Gasteiger partial charge on any atom is -0.493 e. The second kappa shape index (κ2) is 17.2. The van der Waals surface area contributed by atoms with E-state index in [1.165, 1.54) is 19.4 Å². The number of benzene rings is 1. The van der Waals surface area contributed by atoms with E-state index >= 15 is 0 Å². The Hall–Kier alpha value is -4.23. The molecule has 240 valence electrons. The van der Waals surface area contributed by atoms with Crippen LogP contribution in [0.5, 0.6) is 11.5 Å². The molecule has 0 saturated carbocycles. The van der Waals surface area contributed by atoms with Crippen LogP contribution in [0.15, 0.2) is 42.6 Å². The number of cyclic esters (lactones) is 2. The van der Waals surface area contributed by atoms with E-state index in [2.05, 4.69) is 10.3 Å². The van der Waals surface area contributed by atoms with Crippen molar-refractivity contribution < 1.29 is 52.3 Å². The molecule has 1 aromatic heterocycles. The Bertz CT molecular complexity index is 1250.